The van der Waals surface area contributed by atoms with Crippen LogP contribution in [0.5, 0.6) is 0 Å². The van der Waals surface area contributed by atoms with Crippen molar-refractivity contribution in [2.75, 3.05) is 6.54 Å². The zero-order valence-electron chi connectivity index (χ0n) is 13.8. The molecule has 120 valence electrons. The predicted octanol–water partition coefficient (Wildman–Crippen LogP) is 2.86. The molecule has 1 aliphatic carbocycles. The highest BCUT2D eigenvalue weighted by atomic mass is 16.2. The zero-order valence-corrected chi connectivity index (χ0v) is 13.8. The molecule has 2 fully saturated rings. The number of carbonyl (C=O) groups is 2. The molecular weight excluding hydrogens is 264 g/mol. The molecule has 2 aliphatic rings. The lowest BCUT2D eigenvalue weighted by Gasteiger charge is -2.40. The highest BCUT2D eigenvalue weighted by Crippen LogP contribution is 2.32. The fraction of sp³-hybridized carbons (Fsp3) is 0.882. The summed E-state index contributed by atoms with van der Waals surface area (Å²) in [5.74, 6) is 0.828. The summed E-state index contributed by atoms with van der Waals surface area (Å²) in [6, 6.07) is 0.221. The highest BCUT2D eigenvalue weighted by molar-refractivity contribution is 5.93. The zero-order chi connectivity index (χ0) is 15.5. The molecule has 4 nitrogen and oxygen atoms in total. The third kappa shape index (κ3) is 3.58. The maximum atomic E-state index is 13.1. The van der Waals surface area contributed by atoms with Gasteiger partial charge in [-0.3, -0.25) is 9.59 Å². The van der Waals surface area contributed by atoms with Crippen LogP contribution in [0.25, 0.3) is 0 Å². The molecule has 2 atom stereocenters. The summed E-state index contributed by atoms with van der Waals surface area (Å²) in [5, 5.41) is 3.07. The van der Waals surface area contributed by atoms with Gasteiger partial charge >= 0.3 is 0 Å². The summed E-state index contributed by atoms with van der Waals surface area (Å²) in [5.41, 5.74) is -0.602. The van der Waals surface area contributed by atoms with Crippen LogP contribution in [0.2, 0.25) is 0 Å². The van der Waals surface area contributed by atoms with E-state index in [9.17, 15) is 9.59 Å². The maximum Gasteiger partial charge on any atom is 0.248 e. The molecule has 2 rings (SSSR count). The van der Waals surface area contributed by atoms with Gasteiger partial charge in [0.15, 0.2) is 0 Å². The minimum atomic E-state index is -0.602. The number of nitrogens with zero attached hydrogens (tertiary/aromatic N) is 1. The maximum absolute atomic E-state index is 13.1. The van der Waals surface area contributed by atoms with E-state index in [-0.39, 0.29) is 17.9 Å². The van der Waals surface area contributed by atoms with Crippen molar-refractivity contribution in [2.24, 2.45) is 5.92 Å². The second kappa shape index (κ2) is 6.80. The number of nitrogens with one attached hydrogen (secondary N) is 1. The number of amides is 2. The molecule has 1 heterocycles. The third-order valence-electron chi connectivity index (χ3n) is 5.31. The van der Waals surface area contributed by atoms with Gasteiger partial charge in [-0.25, -0.2) is 0 Å². The van der Waals surface area contributed by atoms with Crippen LogP contribution >= 0.6 is 0 Å². The topological polar surface area (TPSA) is 49.4 Å². The van der Waals surface area contributed by atoms with Gasteiger partial charge in [0.2, 0.25) is 11.8 Å². The average Bonchev–Trinajstić information content (AvgIpc) is 2.58. The van der Waals surface area contributed by atoms with E-state index in [4.69, 9.17) is 0 Å². The fourth-order valence-electron chi connectivity index (χ4n) is 3.77. The van der Waals surface area contributed by atoms with Gasteiger partial charge in [0, 0.05) is 19.0 Å². The largest absolute Gasteiger partial charge is 0.342 e. The Kier molecular flexibility index (Phi) is 5.28. The van der Waals surface area contributed by atoms with Crippen molar-refractivity contribution in [2.45, 2.75) is 83.7 Å². The van der Waals surface area contributed by atoms with Gasteiger partial charge in [-0.15, -0.1) is 0 Å². The minimum absolute atomic E-state index is 0.0449. The summed E-state index contributed by atoms with van der Waals surface area (Å²) in [6.07, 6.45) is 7.47. The van der Waals surface area contributed by atoms with Gasteiger partial charge in [-0.05, 0) is 32.1 Å². The second-order valence-electron chi connectivity index (χ2n) is 7.04. The first-order valence-electron chi connectivity index (χ1n) is 8.60. The molecule has 4 heteroatoms. The molecule has 0 bridgehead atoms. The van der Waals surface area contributed by atoms with Crippen molar-refractivity contribution in [1.29, 1.82) is 0 Å². The monoisotopic (exact) mass is 294 g/mol. The Bertz CT molecular complexity index is 388. The van der Waals surface area contributed by atoms with Crippen molar-refractivity contribution < 1.29 is 9.59 Å². The van der Waals surface area contributed by atoms with Gasteiger partial charge in [0.05, 0.1) is 0 Å². The molecule has 2 amide bonds. The lowest BCUT2D eigenvalue weighted by molar-refractivity contribution is -0.142. The Hall–Kier alpha value is -1.06. The Morgan fingerprint density at radius 1 is 1.19 bits per heavy atom. The Balaban J connectivity index is 2.17. The van der Waals surface area contributed by atoms with E-state index in [1.807, 2.05) is 4.90 Å². The van der Waals surface area contributed by atoms with E-state index in [2.05, 4.69) is 26.1 Å². The van der Waals surface area contributed by atoms with Gasteiger partial charge in [-0.2, -0.15) is 0 Å². The lowest BCUT2D eigenvalue weighted by Crippen LogP contribution is -2.59. The molecule has 1 saturated heterocycles. The van der Waals surface area contributed by atoms with Crippen LogP contribution in [0.15, 0.2) is 0 Å². The Morgan fingerprint density at radius 2 is 1.86 bits per heavy atom. The molecular formula is C17H30N2O2. The average molecular weight is 294 g/mol. The highest BCUT2D eigenvalue weighted by Gasteiger charge is 2.46. The van der Waals surface area contributed by atoms with Crippen molar-refractivity contribution in [3.63, 3.8) is 0 Å². The van der Waals surface area contributed by atoms with Crippen LogP contribution in [0, 0.1) is 5.92 Å². The Morgan fingerprint density at radius 3 is 2.48 bits per heavy atom. The van der Waals surface area contributed by atoms with Crippen LogP contribution < -0.4 is 5.32 Å². The normalized spacial score (nSPS) is 25.4. The molecule has 2 unspecified atom stereocenters. The molecule has 21 heavy (non-hydrogen) atoms. The molecule has 0 aromatic carbocycles. The number of carbonyl (C=O) groups excluding carboxylic acids is 2. The van der Waals surface area contributed by atoms with Gasteiger partial charge in [0.1, 0.15) is 5.54 Å². The fourth-order valence-corrected chi connectivity index (χ4v) is 3.77. The molecule has 0 radical (unpaired) electrons. The number of rotatable bonds is 4. The van der Waals surface area contributed by atoms with E-state index in [0.717, 1.165) is 38.5 Å². The van der Waals surface area contributed by atoms with Crippen LogP contribution in [0.4, 0.5) is 0 Å². The molecule has 1 saturated carbocycles. The third-order valence-corrected chi connectivity index (χ3v) is 5.31. The van der Waals surface area contributed by atoms with Gasteiger partial charge < -0.3 is 10.2 Å². The lowest BCUT2D eigenvalue weighted by atomic mass is 9.80. The molecule has 1 aliphatic heterocycles. The quantitative estimate of drug-likeness (QED) is 0.866. The minimum Gasteiger partial charge on any atom is -0.342 e. The van der Waals surface area contributed by atoms with Gasteiger partial charge in [0.25, 0.3) is 0 Å². The van der Waals surface area contributed by atoms with E-state index in [1.54, 1.807) is 0 Å². The SMILES string of the molecule is CCC(C)CC(C)N1CCC(=O)NC2(CCCCC2)C1=O. The van der Waals surface area contributed by atoms with E-state index in [0.29, 0.717) is 18.9 Å². The smallest absolute Gasteiger partial charge is 0.248 e. The second-order valence-corrected chi connectivity index (χ2v) is 7.04. The first-order valence-corrected chi connectivity index (χ1v) is 8.60. The number of hydrogen-bond donors (Lipinski definition) is 1. The molecule has 0 aromatic heterocycles. The molecule has 1 N–H and O–H groups in total. The van der Waals surface area contributed by atoms with Crippen molar-refractivity contribution in [3.8, 4) is 0 Å². The van der Waals surface area contributed by atoms with Crippen molar-refractivity contribution in [1.82, 2.24) is 10.2 Å². The van der Waals surface area contributed by atoms with E-state index < -0.39 is 5.54 Å². The summed E-state index contributed by atoms with van der Waals surface area (Å²) in [4.78, 5) is 27.1. The van der Waals surface area contributed by atoms with Crippen LogP contribution in [-0.2, 0) is 9.59 Å². The van der Waals surface area contributed by atoms with Crippen LogP contribution in [0.1, 0.15) is 72.1 Å². The summed E-state index contributed by atoms with van der Waals surface area (Å²) in [6.45, 7) is 7.13. The van der Waals surface area contributed by atoms with Crippen LogP contribution in [-0.4, -0.2) is 34.8 Å². The first-order chi connectivity index (χ1) is 9.98. The van der Waals surface area contributed by atoms with E-state index in [1.165, 1.54) is 6.42 Å². The van der Waals surface area contributed by atoms with Crippen LogP contribution in [0.3, 0.4) is 0 Å². The standard InChI is InChI=1S/C17H30N2O2/c1-4-13(2)12-14(3)19-11-8-15(20)18-17(16(19)21)9-6-5-7-10-17/h13-14H,4-12H2,1-3H3,(H,18,20). The molecule has 1 spiro atoms. The van der Waals surface area contributed by atoms with Crippen molar-refractivity contribution >= 4 is 11.8 Å². The predicted molar refractivity (Wildman–Crippen MR) is 83.8 cm³/mol. The summed E-state index contributed by atoms with van der Waals surface area (Å²) < 4.78 is 0. The van der Waals surface area contributed by atoms with Crippen molar-refractivity contribution in [3.05, 3.63) is 0 Å². The van der Waals surface area contributed by atoms with E-state index >= 15 is 0 Å². The molecule has 0 aromatic rings. The summed E-state index contributed by atoms with van der Waals surface area (Å²) in [7, 11) is 0. The van der Waals surface area contributed by atoms with Gasteiger partial charge in [-0.1, -0.05) is 39.5 Å². The number of hydrogen-bond acceptors (Lipinski definition) is 2. The Labute approximate surface area is 128 Å². The summed E-state index contributed by atoms with van der Waals surface area (Å²) >= 11 is 0. The first kappa shape index (κ1) is 16.3.